The third-order valence-electron chi connectivity index (χ3n) is 6.18. The number of amides is 2. The van der Waals surface area contributed by atoms with Crippen molar-refractivity contribution in [2.45, 2.75) is 11.4 Å². The van der Waals surface area contributed by atoms with Gasteiger partial charge in [0.05, 0.1) is 23.9 Å². The Kier molecular flexibility index (Phi) is 6.85. The normalized spacial score (nSPS) is 11.3. The van der Waals surface area contributed by atoms with E-state index in [0.717, 1.165) is 39.3 Å². The zero-order valence-corrected chi connectivity index (χ0v) is 21.7. The van der Waals surface area contributed by atoms with Crippen molar-refractivity contribution in [2.75, 3.05) is 18.7 Å². The fraction of sp³-hybridized carbons (Fsp3) is 0.103. The lowest BCUT2D eigenvalue weighted by molar-refractivity contribution is 0.251. The molecule has 0 atom stereocenters. The first kappa shape index (κ1) is 25.0. The van der Waals surface area contributed by atoms with Crippen LogP contribution >= 0.6 is 0 Å². The minimum absolute atomic E-state index is 0.289. The van der Waals surface area contributed by atoms with Crippen molar-refractivity contribution < 1.29 is 17.9 Å². The molecule has 0 unspecified atom stereocenters. The molecule has 0 saturated carbocycles. The number of fused-ring (bicyclic) bond motifs is 1. The summed E-state index contributed by atoms with van der Waals surface area (Å²) in [5.41, 5.74) is 6.23. The molecule has 2 N–H and O–H groups in total. The average Bonchev–Trinajstić information content (AvgIpc) is 3.35. The highest BCUT2D eigenvalue weighted by Gasteiger charge is 2.10. The van der Waals surface area contributed by atoms with Crippen molar-refractivity contribution in [3.05, 3.63) is 103 Å². The second kappa shape index (κ2) is 10.4. The highest BCUT2D eigenvalue weighted by atomic mass is 32.2. The monoisotopic (exact) mass is 526 g/mol. The molecular formula is C29H26N4O4S. The molecule has 0 fully saturated rings. The number of urea groups is 1. The van der Waals surface area contributed by atoms with E-state index in [9.17, 15) is 13.2 Å². The van der Waals surface area contributed by atoms with Crippen LogP contribution in [0.1, 0.15) is 5.56 Å². The van der Waals surface area contributed by atoms with E-state index in [1.165, 1.54) is 6.26 Å². The summed E-state index contributed by atoms with van der Waals surface area (Å²) in [6.07, 6.45) is 4.97. The summed E-state index contributed by atoms with van der Waals surface area (Å²) < 4.78 is 30.6. The van der Waals surface area contributed by atoms with Crippen molar-refractivity contribution in [1.29, 1.82) is 0 Å². The van der Waals surface area contributed by atoms with Crippen molar-refractivity contribution in [3.8, 4) is 28.1 Å². The van der Waals surface area contributed by atoms with E-state index < -0.39 is 9.84 Å². The maximum atomic E-state index is 12.2. The van der Waals surface area contributed by atoms with E-state index in [1.54, 1.807) is 55.6 Å². The summed E-state index contributed by atoms with van der Waals surface area (Å²) >= 11 is 0. The quantitative estimate of drug-likeness (QED) is 0.296. The first-order chi connectivity index (χ1) is 18.3. The van der Waals surface area contributed by atoms with Gasteiger partial charge < -0.3 is 15.4 Å². The largest absolute Gasteiger partial charge is 0.497 e. The lowest BCUT2D eigenvalue weighted by Crippen LogP contribution is -2.28. The molecule has 192 valence electrons. The Hall–Kier alpha value is -4.63. The van der Waals surface area contributed by atoms with Gasteiger partial charge in [0, 0.05) is 30.2 Å². The Morgan fingerprint density at radius 3 is 2.24 bits per heavy atom. The molecule has 2 aromatic heterocycles. The molecule has 5 rings (SSSR count). The fourth-order valence-electron chi connectivity index (χ4n) is 4.09. The molecule has 38 heavy (non-hydrogen) atoms. The topological polar surface area (TPSA) is 102 Å². The van der Waals surface area contributed by atoms with Gasteiger partial charge in [0.25, 0.3) is 0 Å². The lowest BCUT2D eigenvalue weighted by Gasteiger charge is -2.09. The molecule has 0 radical (unpaired) electrons. The average molecular weight is 527 g/mol. The van der Waals surface area contributed by atoms with Crippen LogP contribution in [0.4, 0.5) is 10.5 Å². The van der Waals surface area contributed by atoms with Crippen molar-refractivity contribution in [3.63, 3.8) is 0 Å². The highest BCUT2D eigenvalue weighted by molar-refractivity contribution is 7.90. The summed E-state index contributed by atoms with van der Waals surface area (Å²) in [7, 11) is -1.64. The van der Waals surface area contributed by atoms with Gasteiger partial charge in [-0.15, -0.1) is 0 Å². The first-order valence-electron chi connectivity index (χ1n) is 11.9. The van der Waals surface area contributed by atoms with Crippen molar-refractivity contribution in [1.82, 2.24) is 14.7 Å². The van der Waals surface area contributed by atoms with E-state index in [-0.39, 0.29) is 6.03 Å². The third-order valence-corrected chi connectivity index (χ3v) is 7.31. The predicted octanol–water partition coefficient (Wildman–Crippen LogP) is 5.40. The first-order valence-corrected chi connectivity index (χ1v) is 13.8. The van der Waals surface area contributed by atoms with Crippen LogP contribution in [-0.4, -0.2) is 37.2 Å². The second-order valence-electron chi connectivity index (χ2n) is 8.82. The number of carbonyl (C=O) groups is 1. The lowest BCUT2D eigenvalue weighted by atomic mass is 10.1. The van der Waals surface area contributed by atoms with Crippen LogP contribution in [0.15, 0.2) is 102 Å². The molecule has 0 bridgehead atoms. The van der Waals surface area contributed by atoms with Gasteiger partial charge in [0.15, 0.2) is 9.84 Å². The number of nitrogens with one attached hydrogen (secondary N) is 2. The summed E-state index contributed by atoms with van der Waals surface area (Å²) in [5, 5.41) is 5.66. The molecule has 0 saturated heterocycles. The van der Waals surface area contributed by atoms with Gasteiger partial charge in [-0.3, -0.25) is 4.40 Å². The number of hydrogen-bond acceptors (Lipinski definition) is 5. The number of aromatic nitrogens is 2. The Balaban J connectivity index is 1.25. The fourth-order valence-corrected chi connectivity index (χ4v) is 4.72. The van der Waals surface area contributed by atoms with Crippen molar-refractivity contribution >= 4 is 27.2 Å². The number of anilines is 1. The molecule has 9 heteroatoms. The van der Waals surface area contributed by atoms with E-state index in [0.29, 0.717) is 17.1 Å². The van der Waals surface area contributed by atoms with Crippen LogP contribution in [0.5, 0.6) is 5.75 Å². The van der Waals surface area contributed by atoms with Crippen LogP contribution in [0, 0.1) is 0 Å². The number of sulfone groups is 1. The molecule has 2 heterocycles. The number of carbonyl (C=O) groups excluding carboxylic acids is 1. The number of imidazole rings is 1. The number of hydrogen-bond donors (Lipinski definition) is 2. The van der Waals surface area contributed by atoms with Crippen molar-refractivity contribution in [2.24, 2.45) is 0 Å². The van der Waals surface area contributed by atoms with E-state index in [1.807, 2.05) is 53.2 Å². The number of methoxy groups -OCH3 is 1. The minimum Gasteiger partial charge on any atom is -0.497 e. The van der Waals surface area contributed by atoms with Crippen LogP contribution < -0.4 is 15.4 Å². The third kappa shape index (κ3) is 5.52. The standard InChI is InChI=1S/C29H26N4O4S/c1-37-25-11-9-24(10-12-25)32-29(34)31-18-20-3-5-22(6-4-20)27-19-30-28-17-23(15-16-33(27)28)21-7-13-26(14-8-21)38(2,35)36/h3-17,19H,18H2,1-2H3,(H2,31,32,34). The smallest absolute Gasteiger partial charge is 0.319 e. The summed E-state index contributed by atoms with van der Waals surface area (Å²) in [4.78, 5) is 17.1. The number of rotatable bonds is 7. The SMILES string of the molecule is COc1ccc(NC(=O)NCc2ccc(-c3cnc4cc(-c5ccc(S(C)(=O)=O)cc5)ccn34)cc2)cc1. The van der Waals surface area contributed by atoms with E-state index in [4.69, 9.17) is 4.74 Å². The summed E-state index contributed by atoms with van der Waals surface area (Å²) in [6.45, 7) is 0.386. The Bertz CT molecular complexity index is 1690. The van der Waals surface area contributed by atoms with Gasteiger partial charge in [-0.1, -0.05) is 36.4 Å². The Labute approximate surface area is 220 Å². The molecule has 0 aliphatic heterocycles. The minimum atomic E-state index is -3.23. The van der Waals surface area contributed by atoms with Gasteiger partial charge in [0.1, 0.15) is 11.4 Å². The molecule has 0 aliphatic carbocycles. The number of benzene rings is 3. The molecule has 3 aromatic carbocycles. The summed E-state index contributed by atoms with van der Waals surface area (Å²) in [6, 6.07) is 25.6. The van der Waals surface area contributed by atoms with Gasteiger partial charge in [-0.05, 0) is 65.2 Å². The number of nitrogens with zero attached hydrogens (tertiary/aromatic N) is 2. The van der Waals surface area contributed by atoms with Gasteiger partial charge in [-0.2, -0.15) is 0 Å². The second-order valence-corrected chi connectivity index (χ2v) is 10.8. The van der Waals surface area contributed by atoms with Gasteiger partial charge in [0.2, 0.25) is 0 Å². The van der Waals surface area contributed by atoms with Crippen LogP contribution in [0.3, 0.4) is 0 Å². The van der Waals surface area contributed by atoms with Gasteiger partial charge in [-0.25, -0.2) is 18.2 Å². The van der Waals surface area contributed by atoms with E-state index in [2.05, 4.69) is 15.6 Å². The molecule has 5 aromatic rings. The molecule has 0 spiro atoms. The summed E-state index contributed by atoms with van der Waals surface area (Å²) in [5.74, 6) is 0.726. The maximum absolute atomic E-state index is 12.2. The number of ether oxygens (including phenoxy) is 1. The van der Waals surface area contributed by atoms with Gasteiger partial charge >= 0.3 is 6.03 Å². The highest BCUT2D eigenvalue weighted by Crippen LogP contribution is 2.26. The molecule has 8 nitrogen and oxygen atoms in total. The molecular weight excluding hydrogens is 500 g/mol. The van der Waals surface area contributed by atoms with Crippen LogP contribution in [0.25, 0.3) is 28.0 Å². The predicted molar refractivity (Wildman–Crippen MR) is 148 cm³/mol. The van der Waals surface area contributed by atoms with Crippen LogP contribution in [0.2, 0.25) is 0 Å². The zero-order chi connectivity index (χ0) is 26.7. The molecule has 0 aliphatic rings. The zero-order valence-electron chi connectivity index (χ0n) is 20.9. The van der Waals surface area contributed by atoms with E-state index >= 15 is 0 Å². The van der Waals surface area contributed by atoms with Crippen LogP contribution in [-0.2, 0) is 16.4 Å². The number of pyridine rings is 1. The molecule has 2 amide bonds. The maximum Gasteiger partial charge on any atom is 0.319 e. The Morgan fingerprint density at radius 2 is 1.58 bits per heavy atom. The Morgan fingerprint density at radius 1 is 0.895 bits per heavy atom.